The molecule has 0 spiro atoms. The van der Waals surface area contributed by atoms with E-state index in [1.807, 2.05) is 6.92 Å². The van der Waals surface area contributed by atoms with E-state index < -0.39 is 5.54 Å². The summed E-state index contributed by atoms with van der Waals surface area (Å²) >= 11 is 0. The molecule has 1 unspecified atom stereocenters. The average molecular weight is 293 g/mol. The maximum absolute atomic E-state index is 12.4. The van der Waals surface area contributed by atoms with Gasteiger partial charge in [0.05, 0.1) is 12.6 Å². The fourth-order valence-electron chi connectivity index (χ4n) is 3.13. The van der Waals surface area contributed by atoms with E-state index in [-0.39, 0.29) is 5.91 Å². The van der Waals surface area contributed by atoms with Crippen LogP contribution in [0.4, 0.5) is 0 Å². The van der Waals surface area contributed by atoms with Crippen molar-refractivity contribution in [3.8, 4) is 6.07 Å². The quantitative estimate of drug-likeness (QED) is 0.809. The fourth-order valence-corrected chi connectivity index (χ4v) is 3.13. The first-order chi connectivity index (χ1) is 9.96. The van der Waals surface area contributed by atoms with Crippen molar-refractivity contribution in [2.24, 2.45) is 5.92 Å². The number of nitrogens with one attached hydrogen (secondary N) is 1. The smallest absolute Gasteiger partial charge is 0.235 e. The SMILES string of the molecule is CC(C)N(CC(=O)NC(C)(C#N)C1CC1)C1CCOCC1. The predicted molar refractivity (Wildman–Crippen MR) is 80.6 cm³/mol. The second-order valence-electron chi connectivity index (χ2n) is 6.75. The standard InChI is InChI=1S/C16H27N3O2/c1-12(2)19(14-6-8-21-9-7-14)10-15(20)18-16(3,11-17)13-4-5-13/h12-14H,4-10H2,1-3H3,(H,18,20). The third kappa shape index (κ3) is 4.18. The maximum Gasteiger partial charge on any atom is 0.235 e. The Hall–Kier alpha value is -1.12. The van der Waals surface area contributed by atoms with Gasteiger partial charge in [-0.05, 0) is 52.4 Å². The van der Waals surface area contributed by atoms with Gasteiger partial charge in [-0.1, -0.05) is 0 Å². The molecule has 1 heterocycles. The molecule has 1 N–H and O–H groups in total. The van der Waals surface area contributed by atoms with E-state index in [9.17, 15) is 10.1 Å². The highest BCUT2D eigenvalue weighted by molar-refractivity contribution is 5.79. The summed E-state index contributed by atoms with van der Waals surface area (Å²) in [5, 5.41) is 12.3. The van der Waals surface area contributed by atoms with Gasteiger partial charge in [0.1, 0.15) is 5.54 Å². The molecule has 0 aromatic heterocycles. The van der Waals surface area contributed by atoms with Crippen LogP contribution in [0.5, 0.6) is 0 Å². The Morgan fingerprint density at radius 1 is 1.38 bits per heavy atom. The van der Waals surface area contributed by atoms with E-state index in [4.69, 9.17) is 4.74 Å². The van der Waals surface area contributed by atoms with Crippen LogP contribution in [0, 0.1) is 17.2 Å². The summed E-state index contributed by atoms with van der Waals surface area (Å²) in [5.41, 5.74) is -0.699. The molecule has 1 aliphatic heterocycles. The molecular weight excluding hydrogens is 266 g/mol. The number of nitrogens with zero attached hydrogens (tertiary/aromatic N) is 2. The Balaban J connectivity index is 1.93. The van der Waals surface area contributed by atoms with E-state index >= 15 is 0 Å². The van der Waals surface area contributed by atoms with Crippen LogP contribution in [0.1, 0.15) is 46.5 Å². The van der Waals surface area contributed by atoms with Gasteiger partial charge in [-0.25, -0.2) is 0 Å². The summed E-state index contributed by atoms with van der Waals surface area (Å²) in [7, 11) is 0. The molecule has 118 valence electrons. The molecule has 1 atom stereocenters. The Morgan fingerprint density at radius 2 is 2.00 bits per heavy atom. The van der Waals surface area contributed by atoms with Crippen molar-refractivity contribution in [1.82, 2.24) is 10.2 Å². The molecule has 1 amide bonds. The Kier molecular flexibility index (Phi) is 5.23. The zero-order valence-electron chi connectivity index (χ0n) is 13.4. The van der Waals surface area contributed by atoms with Gasteiger partial charge in [0.15, 0.2) is 0 Å². The Morgan fingerprint density at radius 3 is 2.48 bits per heavy atom. The number of hydrogen-bond donors (Lipinski definition) is 1. The first kappa shape index (κ1) is 16.3. The van der Waals surface area contributed by atoms with Gasteiger partial charge in [0, 0.05) is 25.3 Å². The van der Waals surface area contributed by atoms with Crippen LogP contribution >= 0.6 is 0 Å². The van der Waals surface area contributed by atoms with Crippen molar-refractivity contribution in [1.29, 1.82) is 5.26 Å². The molecule has 2 fully saturated rings. The van der Waals surface area contributed by atoms with Crippen molar-refractivity contribution >= 4 is 5.91 Å². The average Bonchev–Trinajstić information content (AvgIpc) is 3.30. The molecule has 2 aliphatic rings. The van der Waals surface area contributed by atoms with Crippen molar-refractivity contribution < 1.29 is 9.53 Å². The van der Waals surface area contributed by atoms with Crippen LogP contribution in [0.15, 0.2) is 0 Å². The normalized spacial score (nSPS) is 22.9. The van der Waals surface area contributed by atoms with Gasteiger partial charge in [-0.3, -0.25) is 9.69 Å². The number of nitriles is 1. The fraction of sp³-hybridized carbons (Fsp3) is 0.875. The molecule has 5 nitrogen and oxygen atoms in total. The lowest BCUT2D eigenvalue weighted by atomic mass is 9.97. The van der Waals surface area contributed by atoms with Gasteiger partial charge < -0.3 is 10.1 Å². The topological polar surface area (TPSA) is 65.4 Å². The van der Waals surface area contributed by atoms with Crippen LogP contribution in [-0.4, -0.2) is 48.2 Å². The second kappa shape index (κ2) is 6.76. The van der Waals surface area contributed by atoms with Crippen molar-refractivity contribution in [3.63, 3.8) is 0 Å². The van der Waals surface area contributed by atoms with Crippen molar-refractivity contribution in [2.75, 3.05) is 19.8 Å². The maximum atomic E-state index is 12.4. The van der Waals surface area contributed by atoms with Gasteiger partial charge in [-0.2, -0.15) is 5.26 Å². The molecule has 2 rings (SSSR count). The molecule has 1 saturated heterocycles. The molecule has 5 heteroatoms. The minimum Gasteiger partial charge on any atom is -0.381 e. The highest BCUT2D eigenvalue weighted by atomic mass is 16.5. The minimum atomic E-state index is -0.699. The summed E-state index contributed by atoms with van der Waals surface area (Å²) in [6.07, 6.45) is 4.03. The van der Waals surface area contributed by atoms with E-state index in [1.165, 1.54) is 0 Å². The highest BCUT2D eigenvalue weighted by Crippen LogP contribution is 2.39. The summed E-state index contributed by atoms with van der Waals surface area (Å²) < 4.78 is 5.40. The number of hydrogen-bond acceptors (Lipinski definition) is 4. The zero-order chi connectivity index (χ0) is 15.5. The molecule has 0 radical (unpaired) electrons. The van der Waals surface area contributed by atoms with Crippen LogP contribution in [0.3, 0.4) is 0 Å². The van der Waals surface area contributed by atoms with Crippen LogP contribution in [0.25, 0.3) is 0 Å². The van der Waals surface area contributed by atoms with E-state index in [0.29, 0.717) is 24.5 Å². The van der Waals surface area contributed by atoms with E-state index in [0.717, 1.165) is 38.9 Å². The lowest BCUT2D eigenvalue weighted by Gasteiger charge is -2.37. The summed E-state index contributed by atoms with van der Waals surface area (Å²) in [5.74, 6) is 0.285. The number of ether oxygens (including phenoxy) is 1. The number of amides is 1. The summed E-state index contributed by atoms with van der Waals surface area (Å²) in [4.78, 5) is 14.6. The number of rotatable bonds is 6. The Bertz CT molecular complexity index is 408. The molecule has 1 aliphatic carbocycles. The molecule has 21 heavy (non-hydrogen) atoms. The third-order valence-corrected chi connectivity index (χ3v) is 4.67. The van der Waals surface area contributed by atoms with Gasteiger partial charge in [0.25, 0.3) is 0 Å². The molecule has 0 aromatic carbocycles. The van der Waals surface area contributed by atoms with Crippen LogP contribution < -0.4 is 5.32 Å². The van der Waals surface area contributed by atoms with Crippen LogP contribution in [-0.2, 0) is 9.53 Å². The second-order valence-corrected chi connectivity index (χ2v) is 6.75. The lowest BCUT2D eigenvalue weighted by Crippen LogP contribution is -2.53. The van der Waals surface area contributed by atoms with Gasteiger partial charge >= 0.3 is 0 Å². The lowest BCUT2D eigenvalue weighted by molar-refractivity contribution is -0.125. The molecule has 0 aromatic rings. The van der Waals surface area contributed by atoms with E-state index in [2.05, 4.69) is 30.1 Å². The summed E-state index contributed by atoms with van der Waals surface area (Å²) in [6.45, 7) is 7.99. The molecule has 0 bridgehead atoms. The number of carbonyl (C=O) groups is 1. The van der Waals surface area contributed by atoms with Gasteiger partial charge in [0.2, 0.25) is 5.91 Å². The largest absolute Gasteiger partial charge is 0.381 e. The highest BCUT2D eigenvalue weighted by Gasteiger charge is 2.43. The molecular formula is C16H27N3O2. The van der Waals surface area contributed by atoms with E-state index in [1.54, 1.807) is 0 Å². The third-order valence-electron chi connectivity index (χ3n) is 4.67. The van der Waals surface area contributed by atoms with Crippen molar-refractivity contribution in [3.05, 3.63) is 0 Å². The van der Waals surface area contributed by atoms with Gasteiger partial charge in [-0.15, -0.1) is 0 Å². The summed E-state index contributed by atoms with van der Waals surface area (Å²) in [6, 6.07) is 3.00. The number of carbonyl (C=O) groups excluding carboxylic acids is 1. The molecule has 1 saturated carbocycles. The first-order valence-electron chi connectivity index (χ1n) is 8.02. The zero-order valence-corrected chi connectivity index (χ0v) is 13.4. The predicted octanol–water partition coefficient (Wildman–Crippen LogP) is 1.68. The monoisotopic (exact) mass is 293 g/mol. The van der Waals surface area contributed by atoms with Crippen molar-refractivity contribution in [2.45, 2.75) is 64.1 Å². The first-order valence-corrected chi connectivity index (χ1v) is 8.02. The van der Waals surface area contributed by atoms with Crippen LogP contribution in [0.2, 0.25) is 0 Å². The Labute approximate surface area is 127 Å². The minimum absolute atomic E-state index is 0.0360.